The number of rotatable bonds is 21. The Bertz CT molecular complexity index is 2520. The Hall–Kier alpha value is -6.41. The van der Waals surface area contributed by atoms with E-state index in [1.54, 1.807) is 12.1 Å². The molecule has 3 aromatic rings. The molecule has 4 heterocycles. The minimum atomic E-state index is -0.980. The van der Waals surface area contributed by atoms with Crippen molar-refractivity contribution in [3.63, 3.8) is 0 Å². The fourth-order valence-corrected chi connectivity index (χ4v) is 9.75. The molecule has 14 nitrogen and oxygen atoms in total. The van der Waals surface area contributed by atoms with Crippen LogP contribution in [-0.2, 0) is 25.6 Å². The Morgan fingerprint density at radius 2 is 1.64 bits per heavy atom. The second-order valence-corrected chi connectivity index (χ2v) is 18.7. The SMILES string of the molecule is CC1=CC(C)=C(CCC(=O)c2cc(-c3ccc(N4CCN(CCC(=O)CCCCCCCc5cccc6c5C(=O)N(C5CCC(=O)NC5=O)C6=O)CC4)nc3)cc(NC(C)C)c2C=N)C(=O)C1. The zero-order chi connectivity index (χ0) is 47.8. The highest BCUT2D eigenvalue weighted by molar-refractivity contribution is 6.24. The monoisotopic (exact) mass is 909 g/mol. The zero-order valence-electron chi connectivity index (χ0n) is 39.3. The van der Waals surface area contributed by atoms with Crippen LogP contribution in [0.2, 0.25) is 0 Å². The van der Waals surface area contributed by atoms with Crippen LogP contribution in [0.1, 0.15) is 147 Å². The van der Waals surface area contributed by atoms with E-state index in [0.29, 0.717) is 65.6 Å². The summed E-state index contributed by atoms with van der Waals surface area (Å²) < 4.78 is 0. The Morgan fingerprint density at radius 3 is 2.34 bits per heavy atom. The predicted octanol–water partition coefficient (Wildman–Crippen LogP) is 7.83. The highest BCUT2D eigenvalue weighted by Gasteiger charge is 2.45. The highest BCUT2D eigenvalue weighted by atomic mass is 16.2. The maximum Gasteiger partial charge on any atom is 0.262 e. The number of piperidine rings is 1. The summed E-state index contributed by atoms with van der Waals surface area (Å²) in [7, 11) is 0. The molecular weight excluding hydrogens is 847 g/mol. The van der Waals surface area contributed by atoms with E-state index >= 15 is 0 Å². The number of fused-ring (bicyclic) bond motifs is 1. The molecule has 2 saturated heterocycles. The number of anilines is 2. The number of piperazine rings is 1. The smallest absolute Gasteiger partial charge is 0.262 e. The lowest BCUT2D eigenvalue weighted by atomic mass is 9.88. The number of carbonyl (C=O) groups is 7. The number of imide groups is 2. The average molecular weight is 910 g/mol. The van der Waals surface area contributed by atoms with Crippen molar-refractivity contribution in [1.29, 1.82) is 5.41 Å². The number of hydrogen-bond acceptors (Lipinski definition) is 12. The van der Waals surface area contributed by atoms with Crippen LogP contribution in [0.25, 0.3) is 11.1 Å². The number of pyridine rings is 1. The molecule has 2 aromatic carbocycles. The van der Waals surface area contributed by atoms with Gasteiger partial charge in [-0.1, -0.05) is 43.0 Å². The number of hydrogen-bond donors (Lipinski definition) is 3. The van der Waals surface area contributed by atoms with Gasteiger partial charge in [0, 0.05) is 106 Å². The number of allylic oxidation sites excluding steroid dienone is 4. The molecule has 0 radical (unpaired) electrons. The standard InChI is InChI=1S/C53H63N7O7/c1-33(2)56-44-30-38(29-42(43(44)31-54)46(62)18-16-40-35(4)27-34(3)28-47(40)63)37-15-19-48(55-32-37)59-25-23-58(24-26-59)22-21-39(61)13-9-7-5-6-8-11-36-12-10-14-41-50(36)53(67)60(52(41)66)45-17-20-49(64)57-51(45)65/h10,12,14-15,19,27,29-33,45,54,56H,5-9,11,13,16-18,20-26,28H2,1-4H3,(H,57,64,65). The van der Waals surface area contributed by atoms with Crippen LogP contribution in [0.5, 0.6) is 0 Å². The molecule has 0 bridgehead atoms. The van der Waals surface area contributed by atoms with Crippen LogP contribution in [0.4, 0.5) is 11.5 Å². The van der Waals surface area contributed by atoms with Crippen molar-refractivity contribution in [3.8, 4) is 11.1 Å². The van der Waals surface area contributed by atoms with Gasteiger partial charge in [0.15, 0.2) is 11.6 Å². The number of Topliss-reactive ketones (excluding diaryl/α,β-unsaturated/α-hetero) is 3. The number of aryl methyl sites for hydroxylation is 1. The molecule has 1 aliphatic carbocycles. The molecule has 352 valence electrons. The molecule has 1 unspecified atom stereocenters. The van der Waals surface area contributed by atoms with Gasteiger partial charge in [0.1, 0.15) is 17.6 Å². The number of benzene rings is 2. The van der Waals surface area contributed by atoms with Crippen molar-refractivity contribution < 1.29 is 33.6 Å². The van der Waals surface area contributed by atoms with E-state index < -0.39 is 29.7 Å². The van der Waals surface area contributed by atoms with Crippen LogP contribution in [-0.4, -0.2) is 107 Å². The third-order valence-corrected chi connectivity index (χ3v) is 13.3. The molecule has 4 amide bonds. The largest absolute Gasteiger partial charge is 0.382 e. The van der Waals surface area contributed by atoms with E-state index in [9.17, 15) is 33.6 Å². The van der Waals surface area contributed by atoms with Crippen molar-refractivity contribution in [2.24, 2.45) is 0 Å². The molecular formula is C53H63N7O7. The van der Waals surface area contributed by atoms with Crippen LogP contribution in [0, 0.1) is 5.41 Å². The molecule has 3 aliphatic heterocycles. The molecule has 1 atom stereocenters. The summed E-state index contributed by atoms with van der Waals surface area (Å²) in [5, 5.41) is 13.9. The third kappa shape index (κ3) is 11.6. The van der Waals surface area contributed by atoms with Gasteiger partial charge in [0.25, 0.3) is 11.8 Å². The van der Waals surface area contributed by atoms with Gasteiger partial charge in [0.2, 0.25) is 11.8 Å². The van der Waals surface area contributed by atoms with Crippen LogP contribution >= 0.6 is 0 Å². The summed E-state index contributed by atoms with van der Waals surface area (Å²) in [5.41, 5.74) is 7.47. The van der Waals surface area contributed by atoms with E-state index in [1.807, 2.05) is 70.3 Å². The van der Waals surface area contributed by atoms with Gasteiger partial charge in [-0.15, -0.1) is 0 Å². The Kier molecular flexibility index (Phi) is 15.9. The van der Waals surface area contributed by atoms with Crippen molar-refractivity contribution >= 4 is 58.7 Å². The normalized spacial score (nSPS) is 17.8. The number of nitrogens with zero attached hydrogens (tertiary/aromatic N) is 4. The van der Waals surface area contributed by atoms with Gasteiger partial charge in [-0.3, -0.25) is 48.7 Å². The summed E-state index contributed by atoms with van der Waals surface area (Å²) in [6, 6.07) is 12.2. The average Bonchev–Trinajstić information content (AvgIpc) is 3.55. The number of aromatic nitrogens is 1. The molecule has 67 heavy (non-hydrogen) atoms. The molecule has 14 heteroatoms. The predicted molar refractivity (Wildman–Crippen MR) is 259 cm³/mol. The summed E-state index contributed by atoms with van der Waals surface area (Å²) >= 11 is 0. The number of amides is 4. The number of nitrogens with one attached hydrogen (secondary N) is 3. The molecule has 1 aromatic heterocycles. The second kappa shape index (κ2) is 21.9. The van der Waals surface area contributed by atoms with Gasteiger partial charge in [-0.05, 0) is 112 Å². The minimum absolute atomic E-state index is 0.0706. The summed E-state index contributed by atoms with van der Waals surface area (Å²) in [4.78, 5) is 100. The van der Waals surface area contributed by atoms with Crippen LogP contribution in [0.3, 0.4) is 0 Å². The number of carbonyl (C=O) groups excluding carboxylic acids is 7. The fourth-order valence-electron chi connectivity index (χ4n) is 9.75. The summed E-state index contributed by atoms with van der Waals surface area (Å²) in [6.45, 7) is 11.9. The van der Waals surface area contributed by atoms with Crippen LogP contribution in [0.15, 0.2) is 71.5 Å². The first-order valence-corrected chi connectivity index (χ1v) is 23.9. The second-order valence-electron chi connectivity index (χ2n) is 18.7. The maximum absolute atomic E-state index is 13.8. The lowest BCUT2D eigenvalue weighted by Gasteiger charge is -2.35. The molecule has 7 rings (SSSR count). The molecule has 3 N–H and O–H groups in total. The number of ketones is 3. The Morgan fingerprint density at radius 1 is 0.881 bits per heavy atom. The molecule has 0 saturated carbocycles. The van der Waals surface area contributed by atoms with Gasteiger partial charge < -0.3 is 15.6 Å². The highest BCUT2D eigenvalue weighted by Crippen LogP contribution is 2.33. The maximum atomic E-state index is 13.8. The quantitative estimate of drug-likeness (QED) is 0.0409. The number of unbranched alkanes of at least 4 members (excludes halogenated alkanes) is 4. The zero-order valence-corrected chi connectivity index (χ0v) is 39.3. The lowest BCUT2D eigenvalue weighted by Crippen LogP contribution is -2.54. The van der Waals surface area contributed by atoms with E-state index in [2.05, 4.69) is 20.4 Å². The Balaban J connectivity index is 0.829. The minimum Gasteiger partial charge on any atom is -0.382 e. The van der Waals surface area contributed by atoms with Crippen molar-refractivity contribution in [1.82, 2.24) is 20.1 Å². The first kappa shape index (κ1) is 48.5. The van der Waals surface area contributed by atoms with Crippen LogP contribution < -0.4 is 15.5 Å². The van der Waals surface area contributed by atoms with E-state index in [-0.39, 0.29) is 42.7 Å². The van der Waals surface area contributed by atoms with Crippen molar-refractivity contribution in [2.75, 3.05) is 42.9 Å². The van der Waals surface area contributed by atoms with Gasteiger partial charge >= 0.3 is 0 Å². The first-order valence-electron chi connectivity index (χ1n) is 23.9. The fraction of sp³-hybridized carbons (Fsp3) is 0.453. The van der Waals surface area contributed by atoms with Crippen molar-refractivity contribution in [3.05, 3.63) is 99.3 Å². The molecule has 4 aliphatic rings. The molecule has 2 fully saturated rings. The van der Waals surface area contributed by atoms with E-state index in [4.69, 9.17) is 10.4 Å². The first-order chi connectivity index (χ1) is 32.2. The summed E-state index contributed by atoms with van der Waals surface area (Å²) in [6.07, 6.45) is 12.4. The lowest BCUT2D eigenvalue weighted by molar-refractivity contribution is -0.136. The van der Waals surface area contributed by atoms with Gasteiger partial charge in [0.05, 0.1) is 11.1 Å². The van der Waals surface area contributed by atoms with Gasteiger partial charge in [-0.2, -0.15) is 0 Å². The van der Waals surface area contributed by atoms with E-state index in [0.717, 1.165) is 103 Å². The topological polar surface area (TPSA) is 190 Å². The van der Waals surface area contributed by atoms with Crippen molar-refractivity contribution in [2.45, 2.75) is 123 Å². The summed E-state index contributed by atoms with van der Waals surface area (Å²) in [5.74, 6) is -0.882. The third-order valence-electron chi connectivity index (χ3n) is 13.3. The Labute approximate surface area is 393 Å². The molecule has 0 spiro atoms. The van der Waals surface area contributed by atoms with Gasteiger partial charge in [-0.25, -0.2) is 4.98 Å². The van der Waals surface area contributed by atoms with E-state index in [1.165, 1.54) is 6.21 Å².